The summed E-state index contributed by atoms with van der Waals surface area (Å²) in [5.74, 6) is -0.753. The number of aromatic nitrogens is 1. The maximum absolute atomic E-state index is 12.2. The van der Waals surface area contributed by atoms with Gasteiger partial charge in [0.1, 0.15) is 12.3 Å². The van der Waals surface area contributed by atoms with Crippen LogP contribution in [0.3, 0.4) is 0 Å². The van der Waals surface area contributed by atoms with Gasteiger partial charge >= 0.3 is 11.9 Å². The molecule has 1 N–H and O–H groups in total. The highest BCUT2D eigenvalue weighted by atomic mass is 16.5. The lowest BCUT2D eigenvalue weighted by Crippen LogP contribution is -2.12. The lowest BCUT2D eigenvalue weighted by molar-refractivity contribution is -0.143. The van der Waals surface area contributed by atoms with E-state index in [9.17, 15) is 14.7 Å². The number of para-hydroxylation sites is 1. The van der Waals surface area contributed by atoms with Crippen LogP contribution in [-0.2, 0) is 20.9 Å². The summed E-state index contributed by atoms with van der Waals surface area (Å²) >= 11 is 0. The number of hydrogen-bond donors (Lipinski definition) is 1. The number of rotatable bonds is 7. The van der Waals surface area contributed by atoms with Crippen molar-refractivity contribution in [3.8, 4) is 11.6 Å². The molecular weight excluding hydrogens is 386 g/mol. The van der Waals surface area contributed by atoms with Crippen molar-refractivity contribution in [2.24, 2.45) is 10.2 Å². The number of nitrogens with zero attached hydrogens (tertiary/aromatic N) is 3. The molecule has 2 aromatic carbocycles. The van der Waals surface area contributed by atoms with E-state index in [1.807, 2.05) is 32.0 Å². The first-order valence-corrected chi connectivity index (χ1v) is 9.51. The van der Waals surface area contributed by atoms with Crippen molar-refractivity contribution in [1.29, 1.82) is 0 Å². The van der Waals surface area contributed by atoms with Gasteiger partial charge in [-0.1, -0.05) is 30.3 Å². The zero-order valence-corrected chi connectivity index (χ0v) is 17.1. The number of amides is 1. The van der Waals surface area contributed by atoms with Crippen LogP contribution in [-0.4, -0.2) is 34.8 Å². The number of carbonyl (C=O) groups is 2. The molecule has 1 aromatic heterocycles. The Hall–Kier alpha value is -3.68. The van der Waals surface area contributed by atoms with Crippen molar-refractivity contribution in [3.63, 3.8) is 0 Å². The normalized spacial score (nSPS) is 11.2. The molecule has 30 heavy (non-hydrogen) atoms. The molecule has 0 spiro atoms. The van der Waals surface area contributed by atoms with Gasteiger partial charge in [-0.15, -0.1) is 10.2 Å². The van der Waals surface area contributed by atoms with Gasteiger partial charge in [-0.25, -0.2) is 0 Å². The van der Waals surface area contributed by atoms with E-state index in [1.54, 1.807) is 31.2 Å². The van der Waals surface area contributed by atoms with Gasteiger partial charge in [-0.05, 0) is 44.0 Å². The molecule has 156 valence electrons. The average molecular weight is 409 g/mol. The lowest BCUT2D eigenvalue weighted by Gasteiger charge is -2.07. The number of aryl methyl sites for hydroxylation is 2. The summed E-state index contributed by atoms with van der Waals surface area (Å²) in [6, 6.07) is 12.7. The summed E-state index contributed by atoms with van der Waals surface area (Å²) in [6.45, 7) is 5.30. The summed E-state index contributed by atoms with van der Waals surface area (Å²) in [7, 11) is 0. The average Bonchev–Trinajstić information content (AvgIpc) is 2.98. The van der Waals surface area contributed by atoms with Crippen molar-refractivity contribution >= 4 is 28.5 Å². The van der Waals surface area contributed by atoms with Gasteiger partial charge in [0.15, 0.2) is 12.3 Å². The smallest absolute Gasteiger partial charge is 0.326 e. The fourth-order valence-corrected chi connectivity index (χ4v) is 3.00. The third-order valence-corrected chi connectivity index (χ3v) is 4.47. The van der Waals surface area contributed by atoms with Crippen molar-refractivity contribution < 1.29 is 24.2 Å². The molecule has 0 bridgehead atoms. The number of esters is 1. The molecule has 1 amide bonds. The highest BCUT2D eigenvalue weighted by molar-refractivity contribution is 5.96. The summed E-state index contributed by atoms with van der Waals surface area (Å²) < 4.78 is 11.9. The molecule has 8 heteroatoms. The second-order valence-electron chi connectivity index (χ2n) is 6.73. The minimum absolute atomic E-state index is 0.106. The summed E-state index contributed by atoms with van der Waals surface area (Å²) in [4.78, 5) is 24.0. The Morgan fingerprint density at radius 3 is 2.67 bits per heavy atom. The Bertz CT molecular complexity index is 1120. The van der Waals surface area contributed by atoms with Gasteiger partial charge in [-0.2, -0.15) is 0 Å². The molecule has 0 radical (unpaired) electrons. The van der Waals surface area contributed by atoms with Crippen LogP contribution in [0.1, 0.15) is 18.1 Å². The number of azo groups is 1. The minimum Gasteiger partial charge on any atom is -0.493 e. The first kappa shape index (κ1) is 21.0. The Balaban J connectivity index is 1.80. The molecule has 0 saturated heterocycles. The molecule has 0 aliphatic heterocycles. The minimum atomic E-state index is -0.600. The highest BCUT2D eigenvalue weighted by Gasteiger charge is 2.19. The highest BCUT2D eigenvalue weighted by Crippen LogP contribution is 2.38. The van der Waals surface area contributed by atoms with Crippen molar-refractivity contribution in [3.05, 3.63) is 53.6 Å². The standard InChI is InChI=1S/C22H23N3O5/c1-4-29-20(27)12-25-17-8-6-5-7-16(17)21(22(25)28)24-23-19(26)13-30-18-11-14(2)9-10-15(18)3/h5-11,28H,4,12-13H2,1-3H3. The van der Waals surface area contributed by atoms with Crippen LogP contribution in [0, 0.1) is 13.8 Å². The second kappa shape index (κ2) is 9.21. The van der Waals surface area contributed by atoms with Gasteiger partial charge < -0.3 is 14.6 Å². The molecule has 0 aliphatic rings. The number of aromatic hydroxyl groups is 1. The van der Waals surface area contributed by atoms with E-state index in [2.05, 4.69) is 10.2 Å². The van der Waals surface area contributed by atoms with Crippen LogP contribution in [0.2, 0.25) is 0 Å². The van der Waals surface area contributed by atoms with Crippen LogP contribution >= 0.6 is 0 Å². The molecule has 1 heterocycles. The van der Waals surface area contributed by atoms with Crippen LogP contribution in [0.5, 0.6) is 11.6 Å². The van der Waals surface area contributed by atoms with E-state index < -0.39 is 11.9 Å². The van der Waals surface area contributed by atoms with Crippen molar-refractivity contribution in [1.82, 2.24) is 4.57 Å². The van der Waals surface area contributed by atoms with E-state index >= 15 is 0 Å². The van der Waals surface area contributed by atoms with Crippen molar-refractivity contribution in [2.45, 2.75) is 27.3 Å². The zero-order chi connectivity index (χ0) is 21.7. The maximum Gasteiger partial charge on any atom is 0.326 e. The van der Waals surface area contributed by atoms with Crippen LogP contribution < -0.4 is 4.74 Å². The monoisotopic (exact) mass is 409 g/mol. The fourth-order valence-electron chi connectivity index (χ4n) is 3.00. The second-order valence-corrected chi connectivity index (χ2v) is 6.73. The fraction of sp³-hybridized carbons (Fsp3) is 0.273. The molecule has 0 atom stereocenters. The van der Waals surface area contributed by atoms with E-state index in [1.165, 1.54) is 4.57 Å². The van der Waals surface area contributed by atoms with Gasteiger partial charge in [0.25, 0.3) is 0 Å². The molecule has 0 unspecified atom stereocenters. The summed E-state index contributed by atoms with van der Waals surface area (Å²) in [5, 5.41) is 18.7. The predicted octanol–water partition coefficient (Wildman–Crippen LogP) is 4.22. The molecule has 3 rings (SSSR count). The largest absolute Gasteiger partial charge is 0.493 e. The van der Waals surface area contributed by atoms with E-state index in [0.717, 1.165) is 11.1 Å². The SMILES string of the molecule is CCOC(=O)Cn1c(O)c(N=NC(=O)COc2cc(C)ccc2C)c2ccccc21. The predicted molar refractivity (Wildman–Crippen MR) is 111 cm³/mol. The van der Waals surface area contributed by atoms with E-state index in [0.29, 0.717) is 16.7 Å². The third-order valence-electron chi connectivity index (χ3n) is 4.47. The first-order valence-electron chi connectivity index (χ1n) is 9.51. The third kappa shape index (κ3) is 4.65. The summed E-state index contributed by atoms with van der Waals surface area (Å²) in [6.07, 6.45) is 0. The summed E-state index contributed by atoms with van der Waals surface area (Å²) in [5.41, 5.74) is 2.61. The number of fused-ring (bicyclic) bond motifs is 1. The van der Waals surface area contributed by atoms with Gasteiger partial charge in [0, 0.05) is 5.39 Å². The van der Waals surface area contributed by atoms with E-state index in [4.69, 9.17) is 9.47 Å². The van der Waals surface area contributed by atoms with Gasteiger partial charge in [0.05, 0.1) is 12.1 Å². The molecule has 0 fully saturated rings. The van der Waals surface area contributed by atoms with Crippen molar-refractivity contribution in [2.75, 3.05) is 13.2 Å². The Labute approximate surface area is 173 Å². The quantitative estimate of drug-likeness (QED) is 0.465. The number of hydrogen-bond acceptors (Lipinski definition) is 6. The molecular formula is C22H23N3O5. The number of carbonyl (C=O) groups excluding carboxylic acids is 2. The number of benzene rings is 2. The zero-order valence-electron chi connectivity index (χ0n) is 17.1. The van der Waals surface area contributed by atoms with Crippen LogP contribution in [0.4, 0.5) is 5.69 Å². The maximum atomic E-state index is 12.2. The van der Waals surface area contributed by atoms with E-state index in [-0.39, 0.29) is 31.3 Å². The lowest BCUT2D eigenvalue weighted by atomic mass is 10.1. The van der Waals surface area contributed by atoms with Gasteiger partial charge in [0.2, 0.25) is 5.88 Å². The number of ether oxygens (including phenoxy) is 2. The Morgan fingerprint density at radius 2 is 1.90 bits per heavy atom. The molecule has 0 aliphatic carbocycles. The molecule has 8 nitrogen and oxygen atoms in total. The molecule has 0 saturated carbocycles. The van der Waals surface area contributed by atoms with Gasteiger partial charge in [-0.3, -0.25) is 14.2 Å². The Kier molecular flexibility index (Phi) is 6.46. The Morgan fingerprint density at radius 1 is 1.13 bits per heavy atom. The first-order chi connectivity index (χ1) is 14.4. The van der Waals surface area contributed by atoms with Crippen LogP contribution in [0.15, 0.2) is 52.7 Å². The topological polar surface area (TPSA) is 102 Å². The van der Waals surface area contributed by atoms with Crippen LogP contribution in [0.25, 0.3) is 10.9 Å². The molecule has 3 aromatic rings.